The molecule has 0 atom stereocenters. The maximum atomic E-state index is 12.8. The van der Waals surface area contributed by atoms with Crippen LogP contribution in [0.25, 0.3) is 0 Å². The van der Waals surface area contributed by atoms with Gasteiger partial charge in [-0.05, 0) is 60.4 Å². The first kappa shape index (κ1) is 18.2. The number of benzene rings is 1. The first-order chi connectivity index (χ1) is 13.2. The molecule has 5 nitrogen and oxygen atoms in total. The number of thiophene rings is 1. The van der Waals surface area contributed by atoms with E-state index in [9.17, 15) is 9.59 Å². The van der Waals surface area contributed by atoms with Crippen LogP contribution >= 0.6 is 11.3 Å². The average molecular weight is 384 g/mol. The number of nitrogens with zero attached hydrogens (tertiary/aromatic N) is 1. The summed E-state index contributed by atoms with van der Waals surface area (Å²) < 4.78 is 0. The second-order valence-electron chi connectivity index (χ2n) is 7.58. The number of hydrogen-bond acceptors (Lipinski definition) is 4. The third kappa shape index (κ3) is 4.06. The summed E-state index contributed by atoms with van der Waals surface area (Å²) in [6.07, 6.45) is 3.43. The van der Waals surface area contributed by atoms with Crippen LogP contribution in [0.5, 0.6) is 0 Å². The summed E-state index contributed by atoms with van der Waals surface area (Å²) in [7, 11) is 0. The predicted molar refractivity (Wildman–Crippen MR) is 107 cm³/mol. The van der Waals surface area contributed by atoms with E-state index in [1.54, 1.807) is 0 Å². The van der Waals surface area contributed by atoms with Crippen LogP contribution in [0.3, 0.4) is 0 Å². The van der Waals surface area contributed by atoms with Crippen LogP contribution in [0.2, 0.25) is 0 Å². The number of piperidine rings is 1. The molecule has 3 heterocycles. The quantitative estimate of drug-likeness (QED) is 0.853. The van der Waals surface area contributed by atoms with E-state index < -0.39 is 0 Å². The fourth-order valence-electron chi connectivity index (χ4n) is 4.03. The maximum Gasteiger partial charge on any atom is 0.261 e. The molecule has 1 aromatic carbocycles. The molecular formula is C21H25N3O2S. The molecule has 0 bridgehead atoms. The number of hydrogen-bond donors (Lipinski definition) is 2. The molecule has 2 fully saturated rings. The Labute approximate surface area is 163 Å². The molecule has 0 unspecified atom stereocenters. The Kier molecular flexibility index (Phi) is 5.27. The lowest BCUT2D eigenvalue weighted by Gasteiger charge is -2.38. The Bertz CT molecular complexity index is 785. The van der Waals surface area contributed by atoms with E-state index in [1.807, 2.05) is 46.7 Å². The summed E-state index contributed by atoms with van der Waals surface area (Å²) in [6.45, 7) is 4.36. The van der Waals surface area contributed by atoms with Crippen LogP contribution < -0.4 is 10.6 Å². The van der Waals surface area contributed by atoms with Gasteiger partial charge in [0.25, 0.3) is 11.8 Å². The van der Waals surface area contributed by atoms with Crippen molar-refractivity contribution in [3.05, 3.63) is 57.8 Å². The van der Waals surface area contributed by atoms with Crippen LogP contribution in [0.4, 0.5) is 0 Å². The minimum Gasteiger partial charge on any atom is -0.347 e. The highest BCUT2D eigenvalue weighted by Gasteiger charge is 2.38. The minimum absolute atomic E-state index is 0.0613. The highest BCUT2D eigenvalue weighted by Crippen LogP contribution is 2.37. The average Bonchev–Trinajstić information content (AvgIpc) is 3.39. The molecule has 2 amide bonds. The second kappa shape index (κ2) is 7.82. The molecule has 0 saturated carbocycles. The molecule has 4 rings (SSSR count). The van der Waals surface area contributed by atoms with E-state index in [0.717, 1.165) is 50.1 Å². The molecule has 6 heteroatoms. The van der Waals surface area contributed by atoms with E-state index in [2.05, 4.69) is 10.6 Å². The van der Waals surface area contributed by atoms with Crippen molar-refractivity contribution in [2.24, 2.45) is 5.41 Å². The number of rotatable bonds is 4. The highest BCUT2D eigenvalue weighted by molar-refractivity contribution is 7.12. The van der Waals surface area contributed by atoms with Crippen molar-refractivity contribution in [3.63, 3.8) is 0 Å². The fourth-order valence-corrected chi connectivity index (χ4v) is 4.67. The van der Waals surface area contributed by atoms with Gasteiger partial charge in [0.15, 0.2) is 0 Å². The van der Waals surface area contributed by atoms with Gasteiger partial charge >= 0.3 is 0 Å². The van der Waals surface area contributed by atoms with Crippen molar-refractivity contribution in [2.75, 3.05) is 26.2 Å². The summed E-state index contributed by atoms with van der Waals surface area (Å²) in [5, 5.41) is 8.26. The molecule has 0 radical (unpaired) electrons. The van der Waals surface area contributed by atoms with Crippen LogP contribution in [0, 0.1) is 5.41 Å². The monoisotopic (exact) mass is 383 g/mol. The van der Waals surface area contributed by atoms with Crippen LogP contribution in [-0.4, -0.2) is 42.9 Å². The molecule has 1 spiro atoms. The van der Waals surface area contributed by atoms with Gasteiger partial charge in [0, 0.05) is 31.7 Å². The number of amides is 2. The molecule has 27 heavy (non-hydrogen) atoms. The zero-order valence-electron chi connectivity index (χ0n) is 15.4. The number of carbonyl (C=O) groups excluding carboxylic acids is 2. The van der Waals surface area contributed by atoms with Crippen LogP contribution in [-0.2, 0) is 6.54 Å². The van der Waals surface area contributed by atoms with Crippen LogP contribution in [0.1, 0.15) is 44.9 Å². The third-order valence-electron chi connectivity index (χ3n) is 5.84. The molecule has 2 N–H and O–H groups in total. The largest absolute Gasteiger partial charge is 0.347 e. The van der Waals surface area contributed by atoms with Gasteiger partial charge in [-0.15, -0.1) is 11.3 Å². The van der Waals surface area contributed by atoms with E-state index in [4.69, 9.17) is 0 Å². The summed E-state index contributed by atoms with van der Waals surface area (Å²) in [4.78, 5) is 27.5. The zero-order chi connectivity index (χ0) is 18.7. The summed E-state index contributed by atoms with van der Waals surface area (Å²) in [6, 6.07) is 11.3. The van der Waals surface area contributed by atoms with Crippen LogP contribution in [0.15, 0.2) is 41.8 Å². The molecular weight excluding hydrogens is 358 g/mol. The topological polar surface area (TPSA) is 61.4 Å². The van der Waals surface area contributed by atoms with Crippen molar-refractivity contribution in [1.29, 1.82) is 0 Å². The van der Waals surface area contributed by atoms with Crippen molar-refractivity contribution in [1.82, 2.24) is 15.5 Å². The second-order valence-corrected chi connectivity index (χ2v) is 8.52. The molecule has 1 aromatic heterocycles. The summed E-state index contributed by atoms with van der Waals surface area (Å²) in [5.41, 5.74) is 2.14. The number of nitrogens with one attached hydrogen (secondary N) is 2. The van der Waals surface area contributed by atoms with Gasteiger partial charge in [-0.1, -0.05) is 18.2 Å². The van der Waals surface area contributed by atoms with E-state index in [0.29, 0.717) is 16.8 Å². The Balaban J connectivity index is 1.30. The maximum absolute atomic E-state index is 12.8. The van der Waals surface area contributed by atoms with Crippen molar-refractivity contribution >= 4 is 23.2 Å². The van der Waals surface area contributed by atoms with Gasteiger partial charge in [-0.25, -0.2) is 0 Å². The smallest absolute Gasteiger partial charge is 0.261 e. The first-order valence-electron chi connectivity index (χ1n) is 9.56. The van der Waals surface area contributed by atoms with E-state index in [-0.39, 0.29) is 11.8 Å². The molecule has 142 valence electrons. The lowest BCUT2D eigenvalue weighted by Crippen LogP contribution is -2.44. The van der Waals surface area contributed by atoms with Crippen molar-refractivity contribution in [3.8, 4) is 0 Å². The lowest BCUT2D eigenvalue weighted by atomic mass is 9.78. The van der Waals surface area contributed by atoms with Crippen molar-refractivity contribution < 1.29 is 9.59 Å². The Morgan fingerprint density at radius 3 is 2.52 bits per heavy atom. The normalized spacial score (nSPS) is 18.6. The van der Waals surface area contributed by atoms with Gasteiger partial charge < -0.3 is 15.5 Å². The Morgan fingerprint density at radius 1 is 1.11 bits per heavy atom. The van der Waals surface area contributed by atoms with E-state index in [1.165, 1.54) is 17.8 Å². The lowest BCUT2D eigenvalue weighted by molar-refractivity contribution is 0.0607. The minimum atomic E-state index is -0.0613. The molecule has 2 aliphatic heterocycles. The van der Waals surface area contributed by atoms with Gasteiger partial charge in [0.2, 0.25) is 0 Å². The SMILES string of the molecule is O=C(NCc1ccc(C(=O)N2CCC3(CCNC3)CC2)cc1)c1cccs1. The number of likely N-dealkylation sites (tertiary alicyclic amines) is 1. The Hall–Kier alpha value is -2.18. The third-order valence-corrected chi connectivity index (χ3v) is 6.71. The Morgan fingerprint density at radius 2 is 1.89 bits per heavy atom. The molecule has 0 aliphatic carbocycles. The van der Waals surface area contributed by atoms with E-state index >= 15 is 0 Å². The molecule has 2 aromatic rings. The van der Waals surface area contributed by atoms with Gasteiger partial charge in [0.05, 0.1) is 4.88 Å². The first-order valence-corrected chi connectivity index (χ1v) is 10.4. The van der Waals surface area contributed by atoms with Gasteiger partial charge in [0.1, 0.15) is 0 Å². The molecule has 2 aliphatic rings. The highest BCUT2D eigenvalue weighted by atomic mass is 32.1. The zero-order valence-corrected chi connectivity index (χ0v) is 16.2. The predicted octanol–water partition coefficient (Wildman–Crippen LogP) is 2.89. The summed E-state index contributed by atoms with van der Waals surface area (Å²) in [5.74, 6) is 0.0544. The summed E-state index contributed by atoms with van der Waals surface area (Å²) >= 11 is 1.43. The molecule has 2 saturated heterocycles. The number of carbonyl (C=O) groups is 2. The van der Waals surface area contributed by atoms with Gasteiger partial charge in [-0.3, -0.25) is 9.59 Å². The fraction of sp³-hybridized carbons (Fsp3) is 0.429. The van der Waals surface area contributed by atoms with Gasteiger partial charge in [-0.2, -0.15) is 0 Å². The standard InChI is InChI=1S/C21H25N3O2S/c25-19(18-2-1-13-27-18)23-14-16-3-5-17(6-4-16)20(26)24-11-8-21(9-12-24)7-10-22-15-21/h1-6,13,22H,7-12,14-15H2,(H,23,25). The van der Waals surface area contributed by atoms with Crippen molar-refractivity contribution in [2.45, 2.75) is 25.8 Å².